The highest BCUT2D eigenvalue weighted by Crippen LogP contribution is 2.25. The first-order chi connectivity index (χ1) is 10.4. The van der Waals surface area contributed by atoms with Crippen LogP contribution in [0.3, 0.4) is 0 Å². The Kier molecular flexibility index (Phi) is 5.84. The summed E-state index contributed by atoms with van der Waals surface area (Å²) in [5.74, 6) is 0. The molecular formula is C14H24N4O4S. The second-order valence-corrected chi connectivity index (χ2v) is 7.62. The minimum atomic E-state index is -3.85. The second-order valence-electron chi connectivity index (χ2n) is 6.09. The molecule has 0 aliphatic rings. The van der Waals surface area contributed by atoms with Gasteiger partial charge in [0.1, 0.15) is 5.60 Å². The summed E-state index contributed by atoms with van der Waals surface area (Å²) in [5, 5.41) is 10.8. The van der Waals surface area contributed by atoms with Crippen LogP contribution in [-0.2, 0) is 14.8 Å². The molecule has 0 bridgehead atoms. The smallest absolute Gasteiger partial charge is 0.407 e. The molecule has 8 nitrogen and oxygen atoms in total. The van der Waals surface area contributed by atoms with E-state index in [1.54, 1.807) is 33.8 Å². The normalized spacial score (nSPS) is 11.9. The number of hydrogen-bond donors (Lipinski definition) is 4. The highest BCUT2D eigenvalue weighted by atomic mass is 32.2. The molecule has 6 N–H and O–H groups in total. The van der Waals surface area contributed by atoms with Gasteiger partial charge in [-0.3, -0.25) is 0 Å². The van der Waals surface area contributed by atoms with E-state index in [9.17, 15) is 13.2 Å². The van der Waals surface area contributed by atoms with Crippen molar-refractivity contribution in [2.24, 2.45) is 5.14 Å². The lowest BCUT2D eigenvalue weighted by atomic mass is 10.2. The number of nitrogens with two attached hydrogens (primary N) is 2. The molecule has 1 rings (SSSR count). The summed E-state index contributed by atoms with van der Waals surface area (Å²) in [6.07, 6.45) is -0.520. The quantitative estimate of drug-likeness (QED) is 0.467. The summed E-state index contributed by atoms with van der Waals surface area (Å²) in [4.78, 5) is 11.5. The molecule has 0 unspecified atom stereocenters. The van der Waals surface area contributed by atoms with E-state index >= 15 is 0 Å². The van der Waals surface area contributed by atoms with E-state index in [-0.39, 0.29) is 10.6 Å². The molecule has 0 spiro atoms. The first kappa shape index (κ1) is 19.0. The third-order valence-corrected chi connectivity index (χ3v) is 3.83. The maximum absolute atomic E-state index is 11.5. The van der Waals surface area contributed by atoms with Gasteiger partial charge in [-0.05, 0) is 45.4 Å². The number of sulfonamides is 1. The number of alkyl carbamates (subject to hydrolysis) is 1. The summed E-state index contributed by atoms with van der Waals surface area (Å²) in [6.45, 7) is 7.62. The zero-order chi connectivity index (χ0) is 17.8. The Morgan fingerprint density at radius 3 is 2.39 bits per heavy atom. The van der Waals surface area contributed by atoms with Gasteiger partial charge in [0, 0.05) is 24.5 Å². The van der Waals surface area contributed by atoms with Gasteiger partial charge in [-0.2, -0.15) is 0 Å². The van der Waals surface area contributed by atoms with Crippen molar-refractivity contribution in [1.29, 1.82) is 0 Å². The van der Waals surface area contributed by atoms with Crippen molar-refractivity contribution in [3.63, 3.8) is 0 Å². The molecular weight excluding hydrogens is 320 g/mol. The van der Waals surface area contributed by atoms with E-state index < -0.39 is 21.7 Å². The monoisotopic (exact) mass is 344 g/mol. The number of amides is 1. The topological polar surface area (TPSA) is 137 Å². The van der Waals surface area contributed by atoms with Crippen LogP contribution >= 0.6 is 0 Å². The molecule has 0 aromatic heterocycles. The zero-order valence-corrected chi connectivity index (χ0v) is 14.6. The summed E-state index contributed by atoms with van der Waals surface area (Å²) >= 11 is 0. The Morgan fingerprint density at radius 2 is 1.87 bits per heavy atom. The molecule has 0 aliphatic carbocycles. The van der Waals surface area contributed by atoms with Crippen molar-refractivity contribution in [3.05, 3.63) is 17.7 Å². The van der Waals surface area contributed by atoms with Crippen LogP contribution < -0.4 is 21.5 Å². The standard InChI is InChI=1S/C14H24N4O4S/c1-9-11(7-10(15)8-12(9)23(16,20)21)17-5-6-18-13(19)22-14(2,3)4/h7-8,17H,5-6,15H2,1-4H3,(H,18,19)(H2,16,20,21). The van der Waals surface area contributed by atoms with E-state index in [0.717, 1.165) is 0 Å². The van der Waals surface area contributed by atoms with Gasteiger partial charge in [0.15, 0.2) is 0 Å². The van der Waals surface area contributed by atoms with Crippen molar-refractivity contribution < 1.29 is 17.9 Å². The summed E-state index contributed by atoms with van der Waals surface area (Å²) in [7, 11) is -3.85. The lowest BCUT2D eigenvalue weighted by Gasteiger charge is -2.20. The van der Waals surface area contributed by atoms with Gasteiger partial charge in [0.25, 0.3) is 0 Å². The number of primary sulfonamides is 1. The van der Waals surface area contributed by atoms with E-state index in [2.05, 4.69) is 10.6 Å². The molecule has 23 heavy (non-hydrogen) atoms. The highest BCUT2D eigenvalue weighted by molar-refractivity contribution is 7.89. The minimum Gasteiger partial charge on any atom is -0.444 e. The van der Waals surface area contributed by atoms with Crippen LogP contribution in [0.5, 0.6) is 0 Å². The highest BCUT2D eigenvalue weighted by Gasteiger charge is 2.17. The van der Waals surface area contributed by atoms with Gasteiger partial charge in [0.05, 0.1) is 4.90 Å². The molecule has 1 aromatic rings. The van der Waals surface area contributed by atoms with E-state index in [1.807, 2.05) is 0 Å². The predicted molar refractivity (Wildman–Crippen MR) is 89.7 cm³/mol. The Balaban J connectivity index is 2.66. The lowest BCUT2D eigenvalue weighted by Crippen LogP contribution is -2.35. The molecule has 0 saturated heterocycles. The van der Waals surface area contributed by atoms with Gasteiger partial charge in [-0.1, -0.05) is 0 Å². The average Bonchev–Trinajstić information content (AvgIpc) is 2.34. The summed E-state index contributed by atoms with van der Waals surface area (Å²) in [5.41, 5.74) is 6.43. The van der Waals surface area contributed by atoms with Gasteiger partial charge in [-0.25, -0.2) is 18.4 Å². The molecule has 0 aliphatic heterocycles. The zero-order valence-electron chi connectivity index (χ0n) is 13.8. The molecule has 9 heteroatoms. The number of carbonyl (C=O) groups excluding carboxylic acids is 1. The number of carbonyl (C=O) groups is 1. The largest absolute Gasteiger partial charge is 0.444 e. The maximum Gasteiger partial charge on any atom is 0.407 e. The van der Waals surface area contributed by atoms with Crippen molar-refractivity contribution in [1.82, 2.24) is 5.32 Å². The van der Waals surface area contributed by atoms with Gasteiger partial charge in [-0.15, -0.1) is 0 Å². The van der Waals surface area contributed by atoms with Gasteiger partial charge >= 0.3 is 6.09 Å². The Hall–Kier alpha value is -2.00. The number of nitrogens with one attached hydrogen (secondary N) is 2. The summed E-state index contributed by atoms with van der Waals surface area (Å²) < 4.78 is 28.2. The average molecular weight is 344 g/mol. The fourth-order valence-corrected chi connectivity index (χ4v) is 2.70. The number of hydrogen-bond acceptors (Lipinski definition) is 6. The molecule has 0 radical (unpaired) electrons. The molecule has 0 atom stereocenters. The van der Waals surface area contributed by atoms with Crippen LogP contribution in [0.1, 0.15) is 26.3 Å². The van der Waals surface area contributed by atoms with Crippen molar-refractivity contribution in [2.45, 2.75) is 38.2 Å². The van der Waals surface area contributed by atoms with E-state index in [1.165, 1.54) is 6.07 Å². The first-order valence-corrected chi connectivity index (χ1v) is 8.58. The predicted octanol–water partition coefficient (Wildman–Crippen LogP) is 1.16. The number of nitrogen functional groups attached to an aromatic ring is 1. The van der Waals surface area contributed by atoms with Gasteiger partial charge < -0.3 is 21.1 Å². The fourth-order valence-electron chi connectivity index (χ4n) is 1.86. The molecule has 130 valence electrons. The van der Waals surface area contributed by atoms with E-state index in [0.29, 0.717) is 24.3 Å². The van der Waals surface area contributed by atoms with Crippen LogP contribution in [0.2, 0.25) is 0 Å². The van der Waals surface area contributed by atoms with Crippen LogP contribution in [-0.4, -0.2) is 33.2 Å². The van der Waals surface area contributed by atoms with Crippen LogP contribution in [0.4, 0.5) is 16.2 Å². The maximum atomic E-state index is 11.5. The third kappa shape index (κ3) is 6.33. The van der Waals surface area contributed by atoms with Crippen LogP contribution in [0.15, 0.2) is 17.0 Å². The van der Waals surface area contributed by atoms with Crippen LogP contribution in [0.25, 0.3) is 0 Å². The van der Waals surface area contributed by atoms with Gasteiger partial charge in [0.2, 0.25) is 10.0 Å². The van der Waals surface area contributed by atoms with Crippen LogP contribution in [0, 0.1) is 6.92 Å². The lowest BCUT2D eigenvalue weighted by molar-refractivity contribution is 0.0530. The first-order valence-electron chi connectivity index (χ1n) is 7.04. The Labute approximate surface area is 136 Å². The van der Waals surface area contributed by atoms with E-state index in [4.69, 9.17) is 15.6 Å². The van der Waals surface area contributed by atoms with Crippen molar-refractivity contribution >= 4 is 27.5 Å². The van der Waals surface area contributed by atoms with Crippen molar-refractivity contribution in [3.8, 4) is 0 Å². The molecule has 0 saturated carbocycles. The minimum absolute atomic E-state index is 0.0277. The Bertz CT molecular complexity index is 681. The Morgan fingerprint density at radius 1 is 1.26 bits per heavy atom. The number of rotatable bonds is 5. The fraction of sp³-hybridized carbons (Fsp3) is 0.500. The molecule has 1 amide bonds. The second kappa shape index (κ2) is 7.05. The number of benzene rings is 1. The number of ether oxygens (including phenoxy) is 1. The molecule has 0 fully saturated rings. The SMILES string of the molecule is Cc1c(NCCNC(=O)OC(C)(C)C)cc(N)cc1S(N)(=O)=O. The molecule has 1 aromatic carbocycles. The molecule has 0 heterocycles. The third-order valence-electron chi connectivity index (χ3n) is 2.80. The number of anilines is 2. The van der Waals surface area contributed by atoms with Crippen molar-refractivity contribution in [2.75, 3.05) is 24.1 Å². The summed E-state index contributed by atoms with van der Waals surface area (Å²) in [6, 6.07) is 2.92.